The molecule has 0 saturated heterocycles. The Kier molecular flexibility index (Phi) is 1.68. The molecule has 0 aromatic heterocycles. The van der Waals surface area contributed by atoms with E-state index >= 15 is 0 Å². The molecular weight excluding hydrogens is 160 g/mol. The van der Waals surface area contributed by atoms with Crippen LogP contribution >= 0.6 is 0 Å². The number of rotatable bonds is 2. The van der Waals surface area contributed by atoms with Crippen molar-refractivity contribution >= 4 is 0 Å². The lowest BCUT2D eigenvalue weighted by Gasteiger charge is -2.03. The summed E-state index contributed by atoms with van der Waals surface area (Å²) in [4.78, 5) is 0. The highest BCUT2D eigenvalue weighted by Gasteiger charge is 1.92. The van der Waals surface area contributed by atoms with E-state index in [1.807, 2.05) is 0 Å². The quantitative estimate of drug-likeness (QED) is 0.673. The highest BCUT2D eigenvalue weighted by atomic mass is 16.5. The molecule has 0 radical (unpaired) electrons. The van der Waals surface area contributed by atoms with E-state index in [0.29, 0.717) is 23.6 Å². The molecule has 0 atom stereocenters. The lowest BCUT2D eigenvalue weighted by atomic mass is 10.3. The van der Waals surface area contributed by atoms with Gasteiger partial charge in [0.1, 0.15) is 11.5 Å². The normalized spacial score (nSPS) is 11.7. The van der Waals surface area contributed by atoms with Gasteiger partial charge in [-0.3, -0.25) is 0 Å². The van der Waals surface area contributed by atoms with E-state index in [1.165, 1.54) is 0 Å². The maximum Gasteiger partial charge on any atom is 0.127 e. The molecule has 2 rings (SSSR count). The van der Waals surface area contributed by atoms with Crippen LogP contribution in [0.15, 0.2) is 60.6 Å². The summed E-state index contributed by atoms with van der Waals surface area (Å²) in [7, 11) is 0. The summed E-state index contributed by atoms with van der Waals surface area (Å²) in [5, 5.41) is 0. The Morgan fingerprint density at radius 2 is 1.15 bits per heavy atom. The van der Waals surface area contributed by atoms with Crippen LogP contribution in [0.5, 0.6) is 11.5 Å². The van der Waals surface area contributed by atoms with Crippen LogP contribution in [-0.4, -0.2) is 0 Å². The summed E-state index contributed by atoms with van der Waals surface area (Å²) in [6.45, 7) is 0. The van der Waals surface area contributed by atoms with Crippen LogP contribution in [0.4, 0.5) is 0 Å². The van der Waals surface area contributed by atoms with Crippen LogP contribution in [0, 0.1) is 0 Å². The molecule has 0 fully saturated rings. The van der Waals surface area contributed by atoms with Crippen LogP contribution < -0.4 is 4.74 Å². The van der Waals surface area contributed by atoms with Gasteiger partial charge in [0.2, 0.25) is 0 Å². The number of hydrogen-bond donors (Lipinski definition) is 0. The van der Waals surface area contributed by atoms with Gasteiger partial charge >= 0.3 is 0 Å². The molecule has 64 valence electrons. The highest BCUT2D eigenvalue weighted by Crippen LogP contribution is 2.19. The van der Waals surface area contributed by atoms with Crippen molar-refractivity contribution in [1.82, 2.24) is 0 Å². The van der Waals surface area contributed by atoms with Gasteiger partial charge in [-0.2, -0.15) is 0 Å². The van der Waals surface area contributed by atoms with Crippen LogP contribution in [0.2, 0.25) is 0 Å². The van der Waals surface area contributed by atoms with Gasteiger partial charge in [0.25, 0.3) is 0 Å². The first-order valence-electron chi connectivity index (χ1n) is 5.05. The third-order valence-corrected chi connectivity index (χ3v) is 1.61. The smallest absolute Gasteiger partial charge is 0.127 e. The van der Waals surface area contributed by atoms with Crippen molar-refractivity contribution in [3.05, 3.63) is 60.6 Å². The molecule has 2 aromatic carbocycles. The van der Waals surface area contributed by atoms with E-state index in [9.17, 15) is 0 Å². The van der Waals surface area contributed by atoms with Gasteiger partial charge in [-0.25, -0.2) is 0 Å². The molecule has 0 unspecified atom stereocenters. The van der Waals surface area contributed by atoms with Crippen molar-refractivity contribution in [3.8, 4) is 11.5 Å². The first-order chi connectivity index (χ1) is 7.24. The largest absolute Gasteiger partial charge is 0.457 e. The van der Waals surface area contributed by atoms with Crippen molar-refractivity contribution in [3.63, 3.8) is 0 Å². The fourth-order valence-electron chi connectivity index (χ4n) is 1.02. The predicted molar refractivity (Wildman–Crippen MR) is 53.0 cm³/mol. The summed E-state index contributed by atoms with van der Waals surface area (Å²) < 4.78 is 20.2. The number of ether oxygens (including phenoxy) is 1. The first kappa shape index (κ1) is 5.81. The van der Waals surface area contributed by atoms with E-state index in [1.54, 1.807) is 48.5 Å². The van der Waals surface area contributed by atoms with Gasteiger partial charge < -0.3 is 4.74 Å². The average Bonchev–Trinajstić information content (AvgIpc) is 2.25. The van der Waals surface area contributed by atoms with Gasteiger partial charge in [-0.05, 0) is 24.3 Å². The maximum atomic E-state index is 7.32. The molecular formula is C12H10O. The van der Waals surface area contributed by atoms with E-state index < -0.39 is 0 Å². The van der Waals surface area contributed by atoms with E-state index in [0.717, 1.165) is 0 Å². The molecule has 13 heavy (non-hydrogen) atoms. The standard InChI is InChI=1S/C12H10O/c1-3-7-11(8-4-1)13-12-9-5-2-6-10-12/h1-10H/i1D,2D. The molecule has 0 aliphatic carbocycles. The summed E-state index contributed by atoms with van der Waals surface area (Å²) in [6.07, 6.45) is 0. The number of para-hydroxylation sites is 2. The minimum Gasteiger partial charge on any atom is -0.457 e. The Hall–Kier alpha value is -1.76. The monoisotopic (exact) mass is 172 g/mol. The summed E-state index contributed by atoms with van der Waals surface area (Å²) in [5.74, 6) is 1.40. The minimum atomic E-state index is 0.462. The molecule has 2 aromatic rings. The Labute approximate surface area is 80.4 Å². The Balaban J connectivity index is 2.15. The van der Waals surface area contributed by atoms with Crippen LogP contribution in [0.3, 0.4) is 0 Å². The van der Waals surface area contributed by atoms with Crippen molar-refractivity contribution in [2.45, 2.75) is 0 Å². The molecule has 0 bridgehead atoms. The fourth-order valence-corrected chi connectivity index (χ4v) is 1.02. The Morgan fingerprint density at radius 1 is 0.769 bits per heavy atom. The van der Waals surface area contributed by atoms with Crippen molar-refractivity contribution in [2.75, 3.05) is 0 Å². The number of hydrogen-bond acceptors (Lipinski definition) is 1. The van der Waals surface area contributed by atoms with E-state index in [2.05, 4.69) is 0 Å². The highest BCUT2D eigenvalue weighted by molar-refractivity contribution is 5.30. The fraction of sp³-hybridized carbons (Fsp3) is 0. The Bertz CT molecular complexity index is 391. The van der Waals surface area contributed by atoms with Crippen molar-refractivity contribution in [2.24, 2.45) is 0 Å². The summed E-state index contributed by atoms with van der Waals surface area (Å²) in [5.41, 5.74) is 0. The zero-order valence-electron chi connectivity index (χ0n) is 9.03. The van der Waals surface area contributed by atoms with Crippen LogP contribution in [0.1, 0.15) is 2.74 Å². The molecule has 0 heterocycles. The first-order valence-corrected chi connectivity index (χ1v) is 4.05. The molecule has 1 nitrogen and oxygen atoms in total. The zero-order chi connectivity index (χ0) is 10.7. The summed E-state index contributed by atoms with van der Waals surface area (Å²) in [6, 6.07) is 14.6. The molecule has 0 aliphatic rings. The molecule has 0 N–H and O–H groups in total. The third-order valence-electron chi connectivity index (χ3n) is 1.61. The summed E-state index contributed by atoms with van der Waals surface area (Å²) >= 11 is 0. The average molecular weight is 172 g/mol. The molecule has 0 amide bonds. The van der Waals surface area contributed by atoms with Gasteiger partial charge in [0.05, 0.1) is 2.74 Å². The SMILES string of the molecule is [2H]c1ccc(Oc2ccc([2H])cc2)cc1. The Morgan fingerprint density at radius 3 is 1.54 bits per heavy atom. The zero-order valence-corrected chi connectivity index (χ0v) is 7.03. The number of benzene rings is 2. The molecule has 0 spiro atoms. The second-order valence-electron chi connectivity index (χ2n) is 2.57. The van der Waals surface area contributed by atoms with E-state index in [-0.39, 0.29) is 0 Å². The minimum absolute atomic E-state index is 0.462. The predicted octanol–water partition coefficient (Wildman–Crippen LogP) is 3.48. The lowest BCUT2D eigenvalue weighted by Crippen LogP contribution is -1.81. The van der Waals surface area contributed by atoms with Crippen LogP contribution in [0.25, 0.3) is 0 Å². The topological polar surface area (TPSA) is 9.23 Å². The van der Waals surface area contributed by atoms with Gasteiger partial charge in [-0.1, -0.05) is 36.4 Å². The molecule has 0 aliphatic heterocycles. The van der Waals surface area contributed by atoms with Gasteiger partial charge in [0, 0.05) is 0 Å². The van der Waals surface area contributed by atoms with Crippen molar-refractivity contribution < 1.29 is 7.48 Å². The van der Waals surface area contributed by atoms with Gasteiger partial charge in [0.15, 0.2) is 0 Å². The molecule has 1 heteroatoms. The van der Waals surface area contributed by atoms with E-state index in [4.69, 9.17) is 7.48 Å². The lowest BCUT2D eigenvalue weighted by molar-refractivity contribution is 0.482. The maximum absolute atomic E-state index is 7.32. The van der Waals surface area contributed by atoms with Gasteiger partial charge in [-0.15, -0.1) is 0 Å². The second-order valence-corrected chi connectivity index (χ2v) is 2.57. The third kappa shape index (κ3) is 2.09. The van der Waals surface area contributed by atoms with Crippen molar-refractivity contribution in [1.29, 1.82) is 0 Å². The van der Waals surface area contributed by atoms with Crippen LogP contribution in [-0.2, 0) is 0 Å². The second kappa shape index (κ2) is 3.76. The molecule has 0 saturated carbocycles.